The molecule has 1 amide bonds. The number of carbonyl (C=O) groups is 1. The fraction of sp³-hybridized carbons (Fsp3) is 0.636. The standard InChI is InChI=1S/C11H19N3OS/c1-11(2,3)14-8-9(15)12-5-4-10-13-6-7-16-10/h6-7,14H,4-5,8H2,1-3H3,(H,12,15). The van der Waals surface area contributed by atoms with E-state index in [9.17, 15) is 4.79 Å². The van der Waals surface area contributed by atoms with Gasteiger partial charge in [0.25, 0.3) is 0 Å². The van der Waals surface area contributed by atoms with Gasteiger partial charge in [-0.3, -0.25) is 4.79 Å². The summed E-state index contributed by atoms with van der Waals surface area (Å²) < 4.78 is 0. The summed E-state index contributed by atoms with van der Waals surface area (Å²) >= 11 is 1.61. The first-order valence-corrected chi connectivity index (χ1v) is 6.25. The second-order valence-corrected chi connectivity index (χ2v) is 5.61. The SMILES string of the molecule is CC(C)(C)NCC(=O)NCCc1nccs1. The number of aromatic nitrogens is 1. The zero-order valence-corrected chi connectivity index (χ0v) is 10.9. The average Bonchev–Trinajstić information content (AvgIpc) is 2.66. The van der Waals surface area contributed by atoms with Crippen LogP contribution in [0.3, 0.4) is 0 Å². The first-order chi connectivity index (χ1) is 7.47. The summed E-state index contributed by atoms with van der Waals surface area (Å²) in [6, 6.07) is 0. The lowest BCUT2D eigenvalue weighted by Crippen LogP contribution is -2.43. The normalized spacial score (nSPS) is 11.4. The zero-order valence-electron chi connectivity index (χ0n) is 10.0. The van der Waals surface area contributed by atoms with Crippen molar-refractivity contribution in [3.05, 3.63) is 16.6 Å². The highest BCUT2D eigenvalue weighted by Crippen LogP contribution is 2.03. The highest BCUT2D eigenvalue weighted by atomic mass is 32.1. The molecule has 0 aliphatic rings. The molecular formula is C11H19N3OS. The van der Waals surface area contributed by atoms with E-state index in [4.69, 9.17) is 0 Å². The van der Waals surface area contributed by atoms with E-state index in [1.807, 2.05) is 26.2 Å². The fourth-order valence-electron chi connectivity index (χ4n) is 1.09. The van der Waals surface area contributed by atoms with Crippen molar-refractivity contribution in [2.75, 3.05) is 13.1 Å². The van der Waals surface area contributed by atoms with Crippen LogP contribution in [0.1, 0.15) is 25.8 Å². The summed E-state index contributed by atoms with van der Waals surface area (Å²) in [5, 5.41) is 9.00. The van der Waals surface area contributed by atoms with Gasteiger partial charge in [0.05, 0.1) is 11.6 Å². The van der Waals surface area contributed by atoms with Crippen LogP contribution in [0.2, 0.25) is 0 Å². The highest BCUT2D eigenvalue weighted by molar-refractivity contribution is 7.09. The van der Waals surface area contributed by atoms with Crippen LogP contribution < -0.4 is 10.6 Å². The smallest absolute Gasteiger partial charge is 0.233 e. The molecule has 1 rings (SSSR count). The zero-order chi connectivity index (χ0) is 12.0. The Hall–Kier alpha value is -0.940. The van der Waals surface area contributed by atoms with Gasteiger partial charge in [-0.2, -0.15) is 0 Å². The van der Waals surface area contributed by atoms with Crippen molar-refractivity contribution in [2.24, 2.45) is 0 Å². The molecule has 0 radical (unpaired) electrons. The molecule has 5 heteroatoms. The second kappa shape index (κ2) is 5.96. The molecule has 0 atom stereocenters. The lowest BCUT2D eigenvalue weighted by atomic mass is 10.1. The molecule has 0 fully saturated rings. The second-order valence-electron chi connectivity index (χ2n) is 4.63. The van der Waals surface area contributed by atoms with Crippen LogP contribution in [0.25, 0.3) is 0 Å². The largest absolute Gasteiger partial charge is 0.355 e. The molecule has 0 unspecified atom stereocenters. The van der Waals surface area contributed by atoms with Gasteiger partial charge in [-0.25, -0.2) is 4.98 Å². The molecule has 0 spiro atoms. The molecule has 16 heavy (non-hydrogen) atoms. The maximum absolute atomic E-state index is 11.4. The number of carbonyl (C=O) groups excluding carboxylic acids is 1. The molecule has 0 saturated carbocycles. The van der Waals surface area contributed by atoms with Crippen molar-refractivity contribution in [1.29, 1.82) is 0 Å². The molecule has 0 aliphatic carbocycles. The van der Waals surface area contributed by atoms with E-state index in [-0.39, 0.29) is 11.4 Å². The van der Waals surface area contributed by atoms with E-state index in [2.05, 4.69) is 15.6 Å². The summed E-state index contributed by atoms with van der Waals surface area (Å²) in [6.07, 6.45) is 2.59. The summed E-state index contributed by atoms with van der Waals surface area (Å²) in [7, 11) is 0. The van der Waals surface area contributed by atoms with Crippen molar-refractivity contribution in [3.8, 4) is 0 Å². The molecule has 0 bridgehead atoms. The fourth-order valence-corrected chi connectivity index (χ4v) is 1.71. The Kier molecular flexibility index (Phi) is 4.89. The number of amides is 1. The lowest BCUT2D eigenvalue weighted by Gasteiger charge is -2.19. The van der Waals surface area contributed by atoms with Crippen molar-refractivity contribution < 1.29 is 4.79 Å². The van der Waals surface area contributed by atoms with E-state index < -0.39 is 0 Å². The number of rotatable bonds is 5. The third-order valence-corrected chi connectivity index (χ3v) is 2.76. The van der Waals surface area contributed by atoms with Crippen LogP contribution >= 0.6 is 11.3 Å². The summed E-state index contributed by atoms with van der Waals surface area (Å²) in [6.45, 7) is 7.13. The molecule has 1 aromatic heterocycles. The Balaban J connectivity index is 2.11. The van der Waals surface area contributed by atoms with E-state index in [1.165, 1.54) is 0 Å². The molecule has 0 aromatic carbocycles. The van der Waals surface area contributed by atoms with Gasteiger partial charge in [-0.05, 0) is 20.8 Å². The van der Waals surface area contributed by atoms with Gasteiger partial charge < -0.3 is 10.6 Å². The minimum atomic E-state index is -0.0212. The van der Waals surface area contributed by atoms with Gasteiger partial charge in [-0.1, -0.05) is 0 Å². The topological polar surface area (TPSA) is 54.0 Å². The minimum absolute atomic E-state index is 0.0212. The number of hydrogen-bond donors (Lipinski definition) is 2. The maximum atomic E-state index is 11.4. The Bertz CT molecular complexity index is 316. The summed E-state index contributed by atoms with van der Waals surface area (Å²) in [5.74, 6) is 0.0338. The van der Waals surface area contributed by atoms with Gasteiger partial charge in [0.1, 0.15) is 0 Å². The van der Waals surface area contributed by atoms with Crippen LogP contribution in [0.4, 0.5) is 0 Å². The number of nitrogens with zero attached hydrogens (tertiary/aromatic N) is 1. The van der Waals surface area contributed by atoms with E-state index in [0.717, 1.165) is 11.4 Å². The van der Waals surface area contributed by atoms with Gasteiger partial charge in [0.15, 0.2) is 0 Å². The van der Waals surface area contributed by atoms with Crippen molar-refractivity contribution in [3.63, 3.8) is 0 Å². The van der Waals surface area contributed by atoms with E-state index in [1.54, 1.807) is 17.5 Å². The van der Waals surface area contributed by atoms with Crippen LogP contribution in [0, 0.1) is 0 Å². The maximum Gasteiger partial charge on any atom is 0.233 e. The molecule has 4 nitrogen and oxygen atoms in total. The quantitative estimate of drug-likeness (QED) is 0.814. The van der Waals surface area contributed by atoms with Crippen LogP contribution in [-0.4, -0.2) is 29.5 Å². The first kappa shape index (κ1) is 13.1. The Morgan fingerprint density at radius 3 is 2.81 bits per heavy atom. The van der Waals surface area contributed by atoms with E-state index in [0.29, 0.717) is 13.1 Å². The number of nitrogens with one attached hydrogen (secondary N) is 2. The number of thiazole rings is 1. The van der Waals surface area contributed by atoms with E-state index >= 15 is 0 Å². The van der Waals surface area contributed by atoms with Crippen molar-refractivity contribution in [1.82, 2.24) is 15.6 Å². The summed E-state index contributed by atoms with van der Waals surface area (Å²) in [5.41, 5.74) is -0.0212. The molecule has 0 aliphatic heterocycles. The Labute approximate surface area is 100 Å². The molecule has 90 valence electrons. The van der Waals surface area contributed by atoms with Crippen LogP contribution in [0.5, 0.6) is 0 Å². The monoisotopic (exact) mass is 241 g/mol. The Morgan fingerprint density at radius 2 is 2.25 bits per heavy atom. The average molecular weight is 241 g/mol. The van der Waals surface area contributed by atoms with Gasteiger partial charge in [-0.15, -0.1) is 11.3 Å². The number of hydrogen-bond acceptors (Lipinski definition) is 4. The summed E-state index contributed by atoms with van der Waals surface area (Å²) in [4.78, 5) is 15.6. The molecular weight excluding hydrogens is 222 g/mol. The predicted molar refractivity (Wildman–Crippen MR) is 66.6 cm³/mol. The molecule has 2 N–H and O–H groups in total. The van der Waals surface area contributed by atoms with Gasteiger partial charge >= 0.3 is 0 Å². The Morgan fingerprint density at radius 1 is 1.50 bits per heavy atom. The highest BCUT2D eigenvalue weighted by Gasteiger charge is 2.10. The molecule has 1 heterocycles. The van der Waals surface area contributed by atoms with Gasteiger partial charge in [0.2, 0.25) is 5.91 Å². The molecule has 1 aromatic rings. The van der Waals surface area contributed by atoms with Gasteiger partial charge in [0, 0.05) is 30.1 Å². The third-order valence-electron chi connectivity index (χ3n) is 1.92. The lowest BCUT2D eigenvalue weighted by molar-refractivity contribution is -0.120. The van der Waals surface area contributed by atoms with Crippen molar-refractivity contribution in [2.45, 2.75) is 32.7 Å². The minimum Gasteiger partial charge on any atom is -0.355 e. The van der Waals surface area contributed by atoms with Crippen LogP contribution in [-0.2, 0) is 11.2 Å². The third kappa shape index (κ3) is 5.82. The predicted octanol–water partition coefficient (Wildman–Crippen LogP) is 1.19. The first-order valence-electron chi connectivity index (χ1n) is 5.37. The van der Waals surface area contributed by atoms with Crippen LogP contribution in [0.15, 0.2) is 11.6 Å². The van der Waals surface area contributed by atoms with Crippen molar-refractivity contribution >= 4 is 17.2 Å². The molecule has 0 saturated heterocycles.